The minimum atomic E-state index is -0.420. The Bertz CT molecular complexity index is 1760. The van der Waals surface area contributed by atoms with E-state index in [9.17, 15) is 9.59 Å². The normalized spacial score (nSPS) is 15.4. The van der Waals surface area contributed by atoms with E-state index in [-0.39, 0.29) is 30.0 Å². The minimum Gasteiger partial charge on any atom is -0.493 e. The molecule has 0 aromatic carbocycles. The van der Waals surface area contributed by atoms with Gasteiger partial charge in [0, 0.05) is 51.8 Å². The van der Waals surface area contributed by atoms with Gasteiger partial charge in [-0.15, -0.1) is 0 Å². The highest BCUT2D eigenvalue weighted by Crippen LogP contribution is 2.39. The van der Waals surface area contributed by atoms with Crippen LogP contribution in [0.1, 0.15) is 96.2 Å². The smallest absolute Gasteiger partial charge is 0.340 e. The van der Waals surface area contributed by atoms with E-state index in [4.69, 9.17) is 24.2 Å². The quantitative estimate of drug-likeness (QED) is 0.343. The average molecular weight is 573 g/mol. The first-order chi connectivity index (χ1) is 19.8. The van der Waals surface area contributed by atoms with Crippen LogP contribution in [0.2, 0.25) is 0 Å². The number of fused-ring (bicyclic) bond motifs is 8. The molecule has 2 aliphatic rings. The third-order valence-corrected chi connectivity index (χ3v) is 8.27. The highest BCUT2D eigenvalue weighted by Gasteiger charge is 2.33. The van der Waals surface area contributed by atoms with Crippen LogP contribution in [0.15, 0.2) is 18.2 Å². The second-order valence-electron chi connectivity index (χ2n) is 12.3. The number of nitrogens with one attached hydrogen (secondary N) is 2. The number of rotatable bonds is 5. The number of ether oxygens (including phenoxy) is 3. The molecular weight excluding hydrogens is 532 g/mol. The fourth-order valence-electron chi connectivity index (χ4n) is 5.95. The largest absolute Gasteiger partial charge is 0.493 e. The molecule has 5 rings (SSSR count). The van der Waals surface area contributed by atoms with Crippen molar-refractivity contribution in [2.75, 3.05) is 20.3 Å². The number of aromatic nitrogens is 4. The minimum absolute atomic E-state index is 0.254. The SMILES string of the molecule is CCOC(=O)c1c(C)c2cc3nc(c(OC)c4[nH]c(cc5nc(cc1[nH]2)CC5(C)C)c(C)c4C(=O)OCC)CC3(C)C. The number of methoxy groups -OCH3 is 1. The molecule has 2 N–H and O–H groups in total. The van der Waals surface area contributed by atoms with Gasteiger partial charge in [-0.2, -0.15) is 0 Å². The summed E-state index contributed by atoms with van der Waals surface area (Å²) >= 11 is 0. The predicted octanol–water partition coefficient (Wildman–Crippen LogP) is 6.33. The van der Waals surface area contributed by atoms with Crippen LogP contribution in [0.3, 0.4) is 0 Å². The summed E-state index contributed by atoms with van der Waals surface area (Å²) < 4.78 is 16.9. The molecule has 222 valence electrons. The first-order valence-corrected chi connectivity index (χ1v) is 14.5. The van der Waals surface area contributed by atoms with Crippen LogP contribution in [0.5, 0.6) is 5.75 Å². The van der Waals surface area contributed by atoms with Crippen LogP contribution in [-0.4, -0.2) is 52.2 Å². The molecule has 2 aliphatic heterocycles. The van der Waals surface area contributed by atoms with Crippen molar-refractivity contribution >= 4 is 34.0 Å². The Morgan fingerprint density at radius 2 is 1.33 bits per heavy atom. The van der Waals surface area contributed by atoms with Crippen LogP contribution in [0.25, 0.3) is 22.1 Å². The third kappa shape index (κ3) is 4.95. The summed E-state index contributed by atoms with van der Waals surface area (Å²) in [6.07, 6.45) is 1.26. The van der Waals surface area contributed by atoms with Gasteiger partial charge in [-0.1, -0.05) is 27.7 Å². The van der Waals surface area contributed by atoms with Gasteiger partial charge in [0.2, 0.25) is 0 Å². The zero-order valence-corrected chi connectivity index (χ0v) is 26.0. The monoisotopic (exact) mass is 572 g/mol. The molecule has 0 amide bonds. The fourth-order valence-corrected chi connectivity index (χ4v) is 5.95. The lowest BCUT2D eigenvalue weighted by Gasteiger charge is -2.16. The van der Waals surface area contributed by atoms with Crippen molar-refractivity contribution in [3.63, 3.8) is 0 Å². The number of carbonyl (C=O) groups is 2. The number of H-pyrrole nitrogens is 2. The van der Waals surface area contributed by atoms with E-state index in [0.29, 0.717) is 40.8 Å². The van der Waals surface area contributed by atoms with Crippen LogP contribution in [-0.2, 0) is 33.1 Å². The molecule has 3 aromatic rings. The molecule has 5 heterocycles. The van der Waals surface area contributed by atoms with Crippen LogP contribution < -0.4 is 4.74 Å². The Kier molecular flexibility index (Phi) is 7.41. The van der Waals surface area contributed by atoms with Crippen molar-refractivity contribution in [2.45, 2.75) is 79.1 Å². The van der Waals surface area contributed by atoms with Crippen molar-refractivity contribution in [1.29, 1.82) is 0 Å². The molecule has 8 bridgehead atoms. The van der Waals surface area contributed by atoms with Crippen LogP contribution >= 0.6 is 0 Å². The Hall–Kier alpha value is -4.14. The third-order valence-electron chi connectivity index (χ3n) is 8.27. The molecular formula is C33H40N4O5. The Balaban J connectivity index is 1.99. The summed E-state index contributed by atoms with van der Waals surface area (Å²) in [6, 6.07) is 5.92. The number of carbonyl (C=O) groups excluding carboxylic acids is 2. The van der Waals surface area contributed by atoms with Gasteiger partial charge in [0.05, 0.1) is 48.2 Å². The maximum absolute atomic E-state index is 13.3. The summed E-state index contributed by atoms with van der Waals surface area (Å²) in [7, 11) is 1.59. The van der Waals surface area contributed by atoms with Gasteiger partial charge in [0.25, 0.3) is 0 Å². The van der Waals surface area contributed by atoms with Gasteiger partial charge >= 0.3 is 11.9 Å². The summed E-state index contributed by atoms with van der Waals surface area (Å²) in [6.45, 7) is 16.4. The van der Waals surface area contributed by atoms with Crippen LogP contribution in [0, 0.1) is 13.8 Å². The molecule has 0 saturated heterocycles. The second-order valence-corrected chi connectivity index (χ2v) is 12.3. The number of aryl methyl sites for hydroxylation is 2. The molecule has 9 nitrogen and oxygen atoms in total. The molecule has 0 spiro atoms. The van der Waals surface area contributed by atoms with E-state index in [1.807, 2.05) is 32.0 Å². The highest BCUT2D eigenvalue weighted by atomic mass is 16.5. The van der Waals surface area contributed by atoms with Crippen molar-refractivity contribution in [3.8, 4) is 5.75 Å². The average Bonchev–Trinajstić information content (AvgIpc) is 3.57. The highest BCUT2D eigenvalue weighted by molar-refractivity contribution is 6.04. The van der Waals surface area contributed by atoms with E-state index in [1.54, 1.807) is 21.0 Å². The second kappa shape index (κ2) is 10.6. The topological polar surface area (TPSA) is 119 Å². The van der Waals surface area contributed by atoms with E-state index in [0.717, 1.165) is 44.9 Å². The van der Waals surface area contributed by atoms with Gasteiger partial charge in [-0.3, -0.25) is 9.97 Å². The maximum Gasteiger partial charge on any atom is 0.340 e. The number of hydrogen-bond acceptors (Lipinski definition) is 7. The Morgan fingerprint density at radius 1 is 0.786 bits per heavy atom. The molecule has 0 radical (unpaired) electrons. The molecule has 0 atom stereocenters. The summed E-state index contributed by atoms with van der Waals surface area (Å²) in [5.74, 6) is -0.302. The number of aromatic amines is 2. The first kappa shape index (κ1) is 29.4. The van der Waals surface area contributed by atoms with Crippen molar-refractivity contribution < 1.29 is 23.8 Å². The summed E-state index contributed by atoms with van der Waals surface area (Å²) in [5.41, 5.74) is 7.80. The summed E-state index contributed by atoms with van der Waals surface area (Å²) in [5, 5.41) is 0. The van der Waals surface area contributed by atoms with Gasteiger partial charge in [-0.05, 0) is 57.0 Å². The Labute approximate surface area is 246 Å². The molecule has 3 aromatic heterocycles. The van der Waals surface area contributed by atoms with Gasteiger partial charge in [0.15, 0.2) is 5.75 Å². The molecule has 9 heteroatoms. The molecule has 0 fully saturated rings. The summed E-state index contributed by atoms with van der Waals surface area (Å²) in [4.78, 5) is 43.4. The number of esters is 2. The van der Waals surface area contributed by atoms with Crippen molar-refractivity contribution in [3.05, 3.63) is 63.2 Å². The van der Waals surface area contributed by atoms with Crippen LogP contribution in [0.4, 0.5) is 0 Å². The van der Waals surface area contributed by atoms with Crippen molar-refractivity contribution in [2.24, 2.45) is 0 Å². The molecule has 42 heavy (non-hydrogen) atoms. The number of hydrogen-bond donors (Lipinski definition) is 2. The van der Waals surface area contributed by atoms with E-state index in [2.05, 4.69) is 37.7 Å². The van der Waals surface area contributed by atoms with Gasteiger partial charge in [-0.25, -0.2) is 9.59 Å². The van der Waals surface area contributed by atoms with Gasteiger partial charge in [0.1, 0.15) is 0 Å². The first-order valence-electron chi connectivity index (χ1n) is 14.5. The lowest BCUT2D eigenvalue weighted by Crippen LogP contribution is -2.15. The standard InChI is InChI=1S/C33H40N4O5/c1-10-41-30(38)26-17(3)20-13-25-33(7,8)16-23(36-25)29(40-9)28-27(31(39)42-11-2)18(4)21(37-28)14-24-32(5,6)15-19(34-24)12-22(26)35-20/h12-14,35,37H,10-11,15-16H2,1-9H3. The molecule has 0 unspecified atom stereocenters. The zero-order chi connectivity index (χ0) is 30.6. The zero-order valence-electron chi connectivity index (χ0n) is 26.0. The predicted molar refractivity (Wildman–Crippen MR) is 162 cm³/mol. The lowest BCUT2D eigenvalue weighted by atomic mass is 9.86. The number of nitrogens with zero attached hydrogens (tertiary/aromatic N) is 2. The van der Waals surface area contributed by atoms with Crippen molar-refractivity contribution in [1.82, 2.24) is 19.9 Å². The Morgan fingerprint density at radius 3 is 1.95 bits per heavy atom. The van der Waals surface area contributed by atoms with E-state index < -0.39 is 5.97 Å². The van der Waals surface area contributed by atoms with E-state index in [1.165, 1.54) is 0 Å². The maximum atomic E-state index is 13.3. The van der Waals surface area contributed by atoms with Gasteiger partial charge < -0.3 is 24.2 Å². The molecule has 0 saturated carbocycles. The fraction of sp³-hybridized carbons (Fsp3) is 0.455. The van der Waals surface area contributed by atoms with E-state index >= 15 is 0 Å². The lowest BCUT2D eigenvalue weighted by molar-refractivity contribution is 0.0518. The molecule has 0 aliphatic carbocycles.